The summed E-state index contributed by atoms with van der Waals surface area (Å²) >= 11 is 0. The third kappa shape index (κ3) is 6.48. The summed E-state index contributed by atoms with van der Waals surface area (Å²) in [6.45, 7) is 1.25. The van der Waals surface area contributed by atoms with E-state index in [-0.39, 0.29) is 6.54 Å². The van der Waals surface area contributed by atoms with E-state index in [4.69, 9.17) is 10.8 Å². The Morgan fingerprint density at radius 3 is 2.35 bits per heavy atom. The summed E-state index contributed by atoms with van der Waals surface area (Å²) in [5.41, 5.74) is 5.50. The zero-order valence-electron chi connectivity index (χ0n) is 9.82. The molecule has 2 atom stereocenters. The van der Waals surface area contributed by atoms with Crippen molar-refractivity contribution in [2.75, 3.05) is 20.1 Å². The average molecular weight is 246 g/mol. The van der Waals surface area contributed by atoms with Crippen LogP contribution in [0.2, 0.25) is 0 Å². The fourth-order valence-electron chi connectivity index (χ4n) is 1.01. The van der Waals surface area contributed by atoms with Gasteiger partial charge in [-0.15, -0.1) is 0 Å². The topological polar surface area (TPSA) is 134 Å². The molecule has 0 saturated carbocycles. The van der Waals surface area contributed by atoms with Crippen LogP contribution in [0, 0.1) is 0 Å². The minimum atomic E-state index is -1.15. The third-order valence-corrected chi connectivity index (χ3v) is 1.93. The number of rotatable bonds is 7. The Labute approximate surface area is 98.9 Å². The van der Waals surface area contributed by atoms with Crippen LogP contribution in [-0.2, 0) is 14.4 Å². The van der Waals surface area contributed by atoms with Crippen LogP contribution in [0.25, 0.3) is 0 Å². The minimum absolute atomic E-state index is 0.287. The largest absolute Gasteiger partial charge is 0.480 e. The highest BCUT2D eigenvalue weighted by Crippen LogP contribution is 1.85. The number of carboxylic acid groups (broad SMARTS) is 1. The van der Waals surface area contributed by atoms with Gasteiger partial charge in [-0.25, -0.2) is 0 Å². The quantitative estimate of drug-likeness (QED) is 0.330. The predicted molar refractivity (Wildman–Crippen MR) is 60.2 cm³/mol. The van der Waals surface area contributed by atoms with Crippen molar-refractivity contribution < 1.29 is 19.5 Å². The van der Waals surface area contributed by atoms with Crippen molar-refractivity contribution in [3.8, 4) is 0 Å². The number of amides is 2. The fourth-order valence-corrected chi connectivity index (χ4v) is 1.01. The summed E-state index contributed by atoms with van der Waals surface area (Å²) in [5.74, 6) is -2.20. The molecule has 0 aromatic carbocycles. The Bertz CT molecular complexity index is 295. The predicted octanol–water partition coefficient (Wildman–Crippen LogP) is -2.76. The van der Waals surface area contributed by atoms with Crippen LogP contribution < -0.4 is 21.7 Å². The molecule has 0 aliphatic rings. The van der Waals surface area contributed by atoms with Crippen molar-refractivity contribution >= 4 is 17.8 Å². The molecule has 8 heteroatoms. The van der Waals surface area contributed by atoms with E-state index < -0.39 is 36.4 Å². The molecule has 0 aromatic heterocycles. The van der Waals surface area contributed by atoms with Gasteiger partial charge in [0.2, 0.25) is 11.8 Å². The Morgan fingerprint density at radius 2 is 1.88 bits per heavy atom. The number of aliphatic carboxylic acids is 1. The van der Waals surface area contributed by atoms with Gasteiger partial charge in [-0.1, -0.05) is 0 Å². The molecule has 2 amide bonds. The average Bonchev–Trinajstić information content (AvgIpc) is 2.25. The van der Waals surface area contributed by atoms with Crippen LogP contribution in [0.5, 0.6) is 0 Å². The van der Waals surface area contributed by atoms with E-state index >= 15 is 0 Å². The molecule has 0 bridgehead atoms. The maximum Gasteiger partial charge on any atom is 0.322 e. The van der Waals surface area contributed by atoms with Gasteiger partial charge in [-0.3, -0.25) is 14.4 Å². The van der Waals surface area contributed by atoms with Crippen LogP contribution >= 0.6 is 0 Å². The molecule has 0 aliphatic carbocycles. The van der Waals surface area contributed by atoms with Gasteiger partial charge >= 0.3 is 5.97 Å². The summed E-state index contributed by atoms with van der Waals surface area (Å²) in [5, 5.41) is 15.6. The summed E-state index contributed by atoms with van der Waals surface area (Å²) in [7, 11) is 1.65. The van der Waals surface area contributed by atoms with Gasteiger partial charge in [0.1, 0.15) is 12.6 Å². The van der Waals surface area contributed by atoms with Crippen molar-refractivity contribution in [2.45, 2.75) is 19.0 Å². The number of nitrogens with two attached hydrogens (primary N) is 1. The highest BCUT2D eigenvalue weighted by Gasteiger charge is 2.19. The number of carbonyl (C=O) groups excluding carboxylic acids is 2. The molecule has 0 fully saturated rings. The van der Waals surface area contributed by atoms with E-state index in [2.05, 4.69) is 16.0 Å². The Kier molecular flexibility index (Phi) is 6.83. The summed E-state index contributed by atoms with van der Waals surface area (Å²) in [6, 6.07) is -1.58. The van der Waals surface area contributed by atoms with Gasteiger partial charge in [-0.2, -0.15) is 0 Å². The van der Waals surface area contributed by atoms with Crippen molar-refractivity contribution in [1.82, 2.24) is 16.0 Å². The summed E-state index contributed by atoms with van der Waals surface area (Å²) in [4.78, 5) is 32.9. The van der Waals surface area contributed by atoms with Gasteiger partial charge in [0.05, 0.1) is 6.04 Å². The Balaban J connectivity index is 4.06. The molecule has 98 valence electrons. The molecular formula is C9H18N4O4. The lowest BCUT2D eigenvalue weighted by atomic mass is 10.2. The summed E-state index contributed by atoms with van der Waals surface area (Å²) < 4.78 is 0. The van der Waals surface area contributed by atoms with E-state index in [1.807, 2.05) is 0 Å². The van der Waals surface area contributed by atoms with Gasteiger partial charge in [-0.05, 0) is 14.0 Å². The zero-order chi connectivity index (χ0) is 13.4. The lowest BCUT2D eigenvalue weighted by molar-refractivity contribution is -0.138. The van der Waals surface area contributed by atoms with E-state index in [1.54, 1.807) is 7.05 Å². The van der Waals surface area contributed by atoms with Crippen molar-refractivity contribution in [2.24, 2.45) is 5.73 Å². The van der Waals surface area contributed by atoms with Gasteiger partial charge in [0.25, 0.3) is 0 Å². The van der Waals surface area contributed by atoms with Gasteiger partial charge in [0.15, 0.2) is 0 Å². The van der Waals surface area contributed by atoms with Crippen LogP contribution in [0.1, 0.15) is 6.92 Å². The van der Waals surface area contributed by atoms with Crippen molar-refractivity contribution in [1.29, 1.82) is 0 Å². The van der Waals surface area contributed by atoms with E-state index in [0.29, 0.717) is 0 Å². The monoisotopic (exact) mass is 246 g/mol. The highest BCUT2D eigenvalue weighted by atomic mass is 16.4. The molecule has 0 aromatic rings. The molecule has 0 heterocycles. The maximum atomic E-state index is 11.4. The second kappa shape index (κ2) is 7.58. The fraction of sp³-hybridized carbons (Fsp3) is 0.667. The number of hydrogen-bond acceptors (Lipinski definition) is 5. The molecular weight excluding hydrogens is 228 g/mol. The molecule has 0 saturated heterocycles. The van der Waals surface area contributed by atoms with Crippen LogP contribution in [0.3, 0.4) is 0 Å². The first-order valence-corrected chi connectivity index (χ1v) is 5.08. The first-order chi connectivity index (χ1) is 7.88. The Morgan fingerprint density at radius 1 is 1.29 bits per heavy atom. The van der Waals surface area contributed by atoms with Crippen LogP contribution in [0.4, 0.5) is 0 Å². The normalized spacial score (nSPS) is 13.6. The molecule has 0 radical (unpaired) electrons. The number of carboxylic acids is 1. The number of hydrogen-bond donors (Lipinski definition) is 5. The van der Waals surface area contributed by atoms with Crippen molar-refractivity contribution in [3.05, 3.63) is 0 Å². The maximum absolute atomic E-state index is 11.4. The molecule has 0 spiro atoms. The smallest absolute Gasteiger partial charge is 0.322 e. The standard InChI is InChI=1S/C9H18N4O4/c1-5(8(16)12-4-7(14)15)13-9(17)6(10)3-11-2/h5-6,11H,3-4,10H2,1-2H3,(H,12,16)(H,13,17)(H,14,15). The van der Waals surface area contributed by atoms with E-state index in [1.165, 1.54) is 6.92 Å². The second-order valence-corrected chi connectivity index (χ2v) is 3.51. The Hall–Kier alpha value is -1.67. The van der Waals surface area contributed by atoms with Crippen LogP contribution in [-0.4, -0.2) is 55.1 Å². The first-order valence-electron chi connectivity index (χ1n) is 5.08. The highest BCUT2D eigenvalue weighted by molar-refractivity contribution is 5.90. The second-order valence-electron chi connectivity index (χ2n) is 3.51. The molecule has 2 unspecified atom stereocenters. The number of likely N-dealkylation sites (N-methyl/N-ethyl adjacent to an activating group) is 1. The van der Waals surface area contributed by atoms with Gasteiger partial charge < -0.3 is 26.8 Å². The minimum Gasteiger partial charge on any atom is -0.480 e. The number of nitrogens with one attached hydrogen (secondary N) is 3. The van der Waals surface area contributed by atoms with E-state index in [9.17, 15) is 14.4 Å². The van der Waals surface area contributed by atoms with Crippen molar-refractivity contribution in [3.63, 3.8) is 0 Å². The first kappa shape index (κ1) is 15.3. The molecule has 8 nitrogen and oxygen atoms in total. The van der Waals surface area contributed by atoms with E-state index in [0.717, 1.165) is 0 Å². The molecule has 6 N–H and O–H groups in total. The lowest BCUT2D eigenvalue weighted by Gasteiger charge is -2.16. The van der Waals surface area contributed by atoms with Crippen LogP contribution in [0.15, 0.2) is 0 Å². The van der Waals surface area contributed by atoms with Gasteiger partial charge in [0, 0.05) is 6.54 Å². The lowest BCUT2D eigenvalue weighted by Crippen LogP contribution is -2.53. The summed E-state index contributed by atoms with van der Waals surface area (Å²) in [6.07, 6.45) is 0. The SMILES string of the molecule is CNCC(N)C(=O)NC(C)C(=O)NCC(=O)O. The zero-order valence-corrected chi connectivity index (χ0v) is 9.82. The third-order valence-electron chi connectivity index (χ3n) is 1.93. The molecule has 0 aliphatic heterocycles. The number of carbonyl (C=O) groups is 3. The molecule has 17 heavy (non-hydrogen) atoms. The molecule has 0 rings (SSSR count).